The van der Waals surface area contributed by atoms with E-state index < -0.39 is 5.60 Å². The van der Waals surface area contributed by atoms with Gasteiger partial charge in [0.15, 0.2) is 0 Å². The van der Waals surface area contributed by atoms with Crippen LogP contribution in [0.25, 0.3) is 11.1 Å². The van der Waals surface area contributed by atoms with Crippen LogP contribution in [-0.2, 0) is 4.79 Å². The lowest BCUT2D eigenvalue weighted by molar-refractivity contribution is -0.161. The molecule has 2 aromatic rings. The second kappa shape index (κ2) is 7.40. The second-order valence-electron chi connectivity index (χ2n) is 7.75. The van der Waals surface area contributed by atoms with Crippen molar-refractivity contribution >= 4 is 11.8 Å². The van der Waals surface area contributed by atoms with Crippen molar-refractivity contribution in [1.29, 1.82) is 0 Å². The maximum absolute atomic E-state index is 12.8. The third kappa shape index (κ3) is 3.65. The molecule has 1 heterocycles. The smallest absolute Gasteiger partial charge is 0.254 e. The lowest BCUT2D eigenvalue weighted by Crippen LogP contribution is -2.58. The Morgan fingerprint density at radius 2 is 1.48 bits per heavy atom. The van der Waals surface area contributed by atoms with Gasteiger partial charge in [-0.25, -0.2) is 0 Å². The molecule has 7 nitrogen and oxygen atoms in total. The van der Waals surface area contributed by atoms with Crippen molar-refractivity contribution in [3.8, 4) is 22.6 Å². The molecule has 152 valence electrons. The molecule has 3 N–H and O–H groups in total. The summed E-state index contributed by atoms with van der Waals surface area (Å²) in [5.41, 5.74) is 0.509. The summed E-state index contributed by atoms with van der Waals surface area (Å²) in [7, 11) is 0. The Bertz CT molecular complexity index is 929. The molecular weight excluding hydrogens is 372 g/mol. The zero-order valence-electron chi connectivity index (χ0n) is 16.0. The molecular formula is C22H24N2O5. The van der Waals surface area contributed by atoms with Crippen LogP contribution in [0.15, 0.2) is 42.5 Å². The van der Waals surface area contributed by atoms with Crippen molar-refractivity contribution in [1.82, 2.24) is 9.80 Å². The molecule has 2 aliphatic rings. The van der Waals surface area contributed by atoms with Gasteiger partial charge in [0.1, 0.15) is 17.1 Å². The van der Waals surface area contributed by atoms with Crippen LogP contribution >= 0.6 is 0 Å². The number of carbonyl (C=O) groups excluding carboxylic acids is 2. The minimum atomic E-state index is -1.19. The fourth-order valence-electron chi connectivity index (χ4n) is 3.86. The van der Waals surface area contributed by atoms with Crippen LogP contribution in [0, 0.1) is 0 Å². The number of phenolic OH excluding ortho intramolecular Hbond substituents is 2. The Morgan fingerprint density at radius 1 is 0.862 bits per heavy atom. The van der Waals surface area contributed by atoms with E-state index >= 15 is 0 Å². The van der Waals surface area contributed by atoms with E-state index in [9.17, 15) is 24.9 Å². The van der Waals surface area contributed by atoms with Gasteiger partial charge in [-0.1, -0.05) is 12.1 Å². The number of piperazine rings is 1. The standard InChI is InChI=1S/C22H24N2O5/c25-17-6-7-19(26)18(14-17)15-2-4-16(5-3-15)20(27)23-10-12-24(13-11-23)21(28)22(29)8-1-9-22/h2-7,14,25-26,29H,1,8-13H2. The molecule has 1 aliphatic heterocycles. The van der Waals surface area contributed by atoms with Crippen molar-refractivity contribution in [3.05, 3.63) is 48.0 Å². The number of benzene rings is 2. The van der Waals surface area contributed by atoms with Crippen LogP contribution in [0.5, 0.6) is 11.5 Å². The predicted molar refractivity (Wildman–Crippen MR) is 106 cm³/mol. The minimum Gasteiger partial charge on any atom is -0.508 e. The van der Waals surface area contributed by atoms with Crippen LogP contribution in [0.1, 0.15) is 29.6 Å². The molecule has 2 aromatic carbocycles. The molecule has 0 spiro atoms. The van der Waals surface area contributed by atoms with Gasteiger partial charge in [-0.15, -0.1) is 0 Å². The highest BCUT2D eigenvalue weighted by Crippen LogP contribution is 2.34. The molecule has 29 heavy (non-hydrogen) atoms. The van der Waals surface area contributed by atoms with Crippen LogP contribution in [-0.4, -0.2) is 68.7 Å². The molecule has 0 unspecified atom stereocenters. The normalized spacial score (nSPS) is 18.2. The highest BCUT2D eigenvalue weighted by atomic mass is 16.3. The molecule has 2 amide bonds. The summed E-state index contributed by atoms with van der Waals surface area (Å²) < 4.78 is 0. The quantitative estimate of drug-likeness (QED) is 0.689. The Morgan fingerprint density at radius 3 is 2.07 bits per heavy atom. The zero-order valence-corrected chi connectivity index (χ0v) is 16.0. The number of phenols is 2. The van der Waals surface area contributed by atoms with Gasteiger partial charge in [0, 0.05) is 37.3 Å². The fraction of sp³-hybridized carbons (Fsp3) is 0.364. The van der Waals surface area contributed by atoms with E-state index in [1.165, 1.54) is 18.2 Å². The van der Waals surface area contributed by atoms with Crippen molar-refractivity contribution in [2.24, 2.45) is 0 Å². The van der Waals surface area contributed by atoms with Gasteiger partial charge in [0.05, 0.1) is 0 Å². The van der Waals surface area contributed by atoms with Gasteiger partial charge < -0.3 is 25.1 Å². The summed E-state index contributed by atoms with van der Waals surface area (Å²) >= 11 is 0. The maximum atomic E-state index is 12.8. The summed E-state index contributed by atoms with van der Waals surface area (Å²) in [5, 5.41) is 29.8. The van der Waals surface area contributed by atoms with E-state index in [4.69, 9.17) is 0 Å². The SMILES string of the molecule is O=C(c1ccc(-c2cc(O)ccc2O)cc1)N1CCN(C(=O)C2(O)CCC2)CC1. The summed E-state index contributed by atoms with van der Waals surface area (Å²) in [6, 6.07) is 11.1. The Labute approximate surface area is 168 Å². The summed E-state index contributed by atoms with van der Waals surface area (Å²) in [5.74, 6) is -0.232. The number of aliphatic hydroxyl groups is 1. The van der Waals surface area contributed by atoms with E-state index in [0.717, 1.165) is 6.42 Å². The number of carbonyl (C=O) groups is 2. The van der Waals surface area contributed by atoms with Gasteiger partial charge >= 0.3 is 0 Å². The van der Waals surface area contributed by atoms with Gasteiger partial charge in [0.2, 0.25) is 0 Å². The number of rotatable bonds is 3. The van der Waals surface area contributed by atoms with Crippen LogP contribution < -0.4 is 0 Å². The zero-order chi connectivity index (χ0) is 20.6. The molecule has 0 bridgehead atoms. The van der Waals surface area contributed by atoms with Crippen molar-refractivity contribution in [2.45, 2.75) is 24.9 Å². The van der Waals surface area contributed by atoms with E-state index in [1.54, 1.807) is 34.1 Å². The topological polar surface area (TPSA) is 101 Å². The van der Waals surface area contributed by atoms with Crippen LogP contribution in [0.3, 0.4) is 0 Å². The molecule has 0 radical (unpaired) electrons. The summed E-state index contributed by atoms with van der Waals surface area (Å²) in [4.78, 5) is 28.6. The predicted octanol–water partition coefficient (Wildman–Crippen LogP) is 1.96. The fourth-order valence-corrected chi connectivity index (χ4v) is 3.86. The summed E-state index contributed by atoms with van der Waals surface area (Å²) in [6.07, 6.45) is 1.91. The molecule has 0 aromatic heterocycles. The molecule has 2 fully saturated rings. The van der Waals surface area contributed by atoms with Crippen molar-refractivity contribution < 1.29 is 24.9 Å². The van der Waals surface area contributed by atoms with Crippen LogP contribution in [0.2, 0.25) is 0 Å². The van der Waals surface area contributed by atoms with Gasteiger partial charge in [-0.3, -0.25) is 9.59 Å². The third-order valence-corrected chi connectivity index (χ3v) is 5.86. The van der Waals surface area contributed by atoms with E-state index in [2.05, 4.69) is 0 Å². The van der Waals surface area contributed by atoms with Gasteiger partial charge in [-0.2, -0.15) is 0 Å². The second-order valence-corrected chi connectivity index (χ2v) is 7.75. The van der Waals surface area contributed by atoms with Gasteiger partial charge in [0.25, 0.3) is 11.8 Å². The lowest BCUT2D eigenvalue weighted by atomic mass is 9.79. The molecule has 1 saturated heterocycles. The number of hydrogen-bond acceptors (Lipinski definition) is 5. The van der Waals surface area contributed by atoms with Crippen molar-refractivity contribution in [3.63, 3.8) is 0 Å². The number of aromatic hydroxyl groups is 2. The third-order valence-electron chi connectivity index (χ3n) is 5.86. The number of amides is 2. The number of nitrogens with zero attached hydrogens (tertiary/aromatic N) is 2. The Kier molecular flexibility index (Phi) is 4.92. The average Bonchev–Trinajstić information content (AvgIpc) is 2.73. The first-order valence-corrected chi connectivity index (χ1v) is 9.81. The minimum absolute atomic E-state index is 0.0517. The maximum Gasteiger partial charge on any atom is 0.254 e. The molecule has 7 heteroatoms. The first-order valence-electron chi connectivity index (χ1n) is 9.81. The first-order chi connectivity index (χ1) is 13.9. The average molecular weight is 396 g/mol. The largest absolute Gasteiger partial charge is 0.508 e. The van der Waals surface area contributed by atoms with E-state index in [1.807, 2.05) is 0 Å². The Balaban J connectivity index is 1.40. The lowest BCUT2D eigenvalue weighted by Gasteiger charge is -2.42. The highest BCUT2D eigenvalue weighted by molar-refractivity contribution is 5.95. The van der Waals surface area contributed by atoms with Crippen LogP contribution in [0.4, 0.5) is 0 Å². The van der Waals surface area contributed by atoms with E-state index in [0.29, 0.717) is 55.7 Å². The van der Waals surface area contributed by atoms with Gasteiger partial charge in [-0.05, 0) is 55.2 Å². The molecule has 1 aliphatic carbocycles. The molecule has 4 rings (SSSR count). The molecule has 0 atom stereocenters. The number of hydrogen-bond donors (Lipinski definition) is 3. The van der Waals surface area contributed by atoms with Crippen molar-refractivity contribution in [2.75, 3.05) is 26.2 Å². The monoisotopic (exact) mass is 396 g/mol. The first kappa shape index (κ1) is 19.3. The summed E-state index contributed by atoms with van der Waals surface area (Å²) in [6.45, 7) is 1.69. The molecule has 1 saturated carbocycles. The Hall–Kier alpha value is -3.06. The highest BCUT2D eigenvalue weighted by Gasteiger charge is 2.45. The van der Waals surface area contributed by atoms with E-state index in [-0.39, 0.29) is 23.3 Å².